The smallest absolute Gasteiger partial charge is 0.222 e. The lowest BCUT2D eigenvalue weighted by atomic mass is 10.4. The molecule has 0 saturated heterocycles. The summed E-state index contributed by atoms with van der Waals surface area (Å²) in [6.07, 6.45) is 1.64. The fourth-order valence-electron chi connectivity index (χ4n) is 0.686. The van der Waals surface area contributed by atoms with Crippen LogP contribution in [0, 0.1) is 0 Å². The van der Waals surface area contributed by atoms with Crippen LogP contribution in [-0.2, 0) is 0 Å². The molecule has 1 aromatic heterocycles. The molecule has 1 rings (SSSR count). The number of nitrogens with zero attached hydrogens (tertiary/aromatic N) is 2. The number of aliphatic hydroxyl groups excluding tert-OH is 2. The van der Waals surface area contributed by atoms with Crippen LogP contribution in [0.25, 0.3) is 0 Å². The summed E-state index contributed by atoms with van der Waals surface area (Å²) < 4.78 is 0. The summed E-state index contributed by atoms with van der Waals surface area (Å²) in [6, 6.07) is 0. The molecule has 1 aromatic rings. The standard InChI is InChI=1S/C7H11N3O3/c11-4-6(13)3-10-7-8-1-5(12)2-9-7/h1-2,6,11-13H,3-4H2,(H,8,9,10). The highest BCUT2D eigenvalue weighted by Crippen LogP contribution is 2.04. The van der Waals surface area contributed by atoms with E-state index in [1.165, 1.54) is 12.4 Å². The minimum Gasteiger partial charge on any atom is -0.505 e. The Hall–Kier alpha value is -1.40. The van der Waals surface area contributed by atoms with E-state index in [-0.39, 0.29) is 18.9 Å². The predicted molar refractivity (Wildman–Crippen MR) is 45.3 cm³/mol. The molecule has 6 nitrogen and oxygen atoms in total. The van der Waals surface area contributed by atoms with Crippen molar-refractivity contribution in [2.24, 2.45) is 0 Å². The van der Waals surface area contributed by atoms with E-state index >= 15 is 0 Å². The Labute approximate surface area is 74.9 Å². The summed E-state index contributed by atoms with van der Waals surface area (Å²) in [4.78, 5) is 7.44. The highest BCUT2D eigenvalue weighted by molar-refractivity contribution is 5.26. The van der Waals surface area contributed by atoms with Crippen LogP contribution in [-0.4, -0.2) is 44.5 Å². The lowest BCUT2D eigenvalue weighted by Gasteiger charge is -2.07. The number of hydrogen-bond acceptors (Lipinski definition) is 6. The lowest BCUT2D eigenvalue weighted by Crippen LogP contribution is -2.23. The normalized spacial score (nSPS) is 12.5. The van der Waals surface area contributed by atoms with Gasteiger partial charge in [0.1, 0.15) is 0 Å². The van der Waals surface area contributed by atoms with Crippen LogP contribution in [0.5, 0.6) is 5.75 Å². The summed E-state index contributed by atoms with van der Waals surface area (Å²) in [7, 11) is 0. The molecule has 0 radical (unpaired) electrons. The molecule has 0 aliphatic carbocycles. The molecule has 0 saturated carbocycles. The largest absolute Gasteiger partial charge is 0.505 e. The predicted octanol–water partition coefficient (Wildman–Crippen LogP) is -1.05. The molecule has 6 heteroatoms. The van der Waals surface area contributed by atoms with Gasteiger partial charge in [-0.3, -0.25) is 0 Å². The van der Waals surface area contributed by atoms with E-state index in [9.17, 15) is 0 Å². The van der Waals surface area contributed by atoms with Crippen LogP contribution in [0.2, 0.25) is 0 Å². The van der Waals surface area contributed by atoms with Gasteiger partial charge in [0.15, 0.2) is 5.75 Å². The fourth-order valence-corrected chi connectivity index (χ4v) is 0.686. The monoisotopic (exact) mass is 185 g/mol. The highest BCUT2D eigenvalue weighted by atomic mass is 16.3. The summed E-state index contributed by atoms with van der Waals surface area (Å²) >= 11 is 0. The van der Waals surface area contributed by atoms with E-state index in [1.807, 2.05) is 0 Å². The van der Waals surface area contributed by atoms with Crippen molar-refractivity contribution in [3.05, 3.63) is 12.4 Å². The van der Waals surface area contributed by atoms with Crippen LogP contribution in [0.4, 0.5) is 5.95 Å². The molecule has 0 spiro atoms. The third-order valence-corrected chi connectivity index (χ3v) is 1.34. The Balaban J connectivity index is 2.41. The topological polar surface area (TPSA) is 98.5 Å². The Bertz CT molecular complexity index is 252. The van der Waals surface area contributed by atoms with Crippen molar-refractivity contribution in [2.45, 2.75) is 6.10 Å². The molecule has 4 N–H and O–H groups in total. The van der Waals surface area contributed by atoms with Gasteiger partial charge in [0.05, 0.1) is 25.1 Å². The summed E-state index contributed by atoms with van der Waals surface area (Å²) in [5.74, 6) is 0.276. The minimum atomic E-state index is -0.836. The molecule has 1 unspecified atom stereocenters. The first-order valence-corrected chi connectivity index (χ1v) is 3.76. The van der Waals surface area contributed by atoms with Gasteiger partial charge in [0.25, 0.3) is 0 Å². The lowest BCUT2D eigenvalue weighted by molar-refractivity contribution is 0.105. The molecule has 0 amide bonds. The first-order chi connectivity index (χ1) is 6.22. The maximum absolute atomic E-state index is 8.96. The average molecular weight is 185 g/mol. The van der Waals surface area contributed by atoms with Gasteiger partial charge in [-0.15, -0.1) is 0 Å². The van der Waals surface area contributed by atoms with Crippen molar-refractivity contribution < 1.29 is 15.3 Å². The second-order valence-corrected chi connectivity index (χ2v) is 2.48. The quantitative estimate of drug-likeness (QED) is 0.477. The highest BCUT2D eigenvalue weighted by Gasteiger charge is 2.02. The second kappa shape index (κ2) is 4.58. The van der Waals surface area contributed by atoms with Gasteiger partial charge in [-0.2, -0.15) is 0 Å². The van der Waals surface area contributed by atoms with Crippen molar-refractivity contribution in [3.63, 3.8) is 0 Å². The average Bonchev–Trinajstić information content (AvgIpc) is 2.16. The first-order valence-electron chi connectivity index (χ1n) is 3.76. The maximum atomic E-state index is 8.96. The zero-order chi connectivity index (χ0) is 9.68. The van der Waals surface area contributed by atoms with Gasteiger partial charge in [-0.1, -0.05) is 0 Å². The summed E-state index contributed by atoms with van der Waals surface area (Å²) in [5.41, 5.74) is 0. The van der Waals surface area contributed by atoms with Crippen LogP contribution in [0.3, 0.4) is 0 Å². The Kier molecular flexibility index (Phi) is 3.41. The SMILES string of the molecule is OCC(O)CNc1ncc(O)cn1. The molecule has 13 heavy (non-hydrogen) atoms. The van der Waals surface area contributed by atoms with Crippen molar-refractivity contribution in [1.82, 2.24) is 9.97 Å². The molecule has 0 aliphatic heterocycles. The summed E-state index contributed by atoms with van der Waals surface area (Å²) in [5, 5.41) is 29.0. The number of aromatic hydroxyl groups is 1. The van der Waals surface area contributed by atoms with Gasteiger partial charge in [-0.25, -0.2) is 9.97 Å². The number of hydrogen-bond donors (Lipinski definition) is 4. The maximum Gasteiger partial charge on any atom is 0.222 e. The van der Waals surface area contributed by atoms with Crippen LogP contribution in [0.1, 0.15) is 0 Å². The Morgan fingerprint density at radius 3 is 2.54 bits per heavy atom. The minimum absolute atomic E-state index is 0.0201. The van der Waals surface area contributed by atoms with E-state index in [0.717, 1.165) is 0 Å². The summed E-state index contributed by atoms with van der Waals surface area (Å²) in [6.45, 7) is -0.146. The van der Waals surface area contributed by atoms with Gasteiger partial charge >= 0.3 is 0 Å². The molecule has 0 aromatic carbocycles. The number of rotatable bonds is 4. The van der Waals surface area contributed by atoms with Gasteiger partial charge in [-0.05, 0) is 0 Å². The first kappa shape index (κ1) is 9.69. The molecule has 1 atom stereocenters. The van der Waals surface area contributed by atoms with Crippen molar-refractivity contribution in [3.8, 4) is 5.75 Å². The third-order valence-electron chi connectivity index (χ3n) is 1.34. The van der Waals surface area contributed by atoms with E-state index in [4.69, 9.17) is 15.3 Å². The number of aliphatic hydroxyl groups is 2. The third kappa shape index (κ3) is 3.22. The van der Waals surface area contributed by atoms with Gasteiger partial charge in [0.2, 0.25) is 5.95 Å². The van der Waals surface area contributed by atoms with E-state index in [2.05, 4.69) is 15.3 Å². The molecular formula is C7H11N3O3. The zero-order valence-corrected chi connectivity index (χ0v) is 6.88. The zero-order valence-electron chi connectivity index (χ0n) is 6.88. The molecule has 72 valence electrons. The second-order valence-electron chi connectivity index (χ2n) is 2.48. The molecular weight excluding hydrogens is 174 g/mol. The number of nitrogens with one attached hydrogen (secondary N) is 1. The van der Waals surface area contributed by atoms with Crippen LogP contribution in [0.15, 0.2) is 12.4 Å². The molecule has 0 bridgehead atoms. The molecule has 0 aliphatic rings. The van der Waals surface area contributed by atoms with Crippen molar-refractivity contribution >= 4 is 5.95 Å². The number of aromatic nitrogens is 2. The van der Waals surface area contributed by atoms with Crippen LogP contribution < -0.4 is 5.32 Å². The Morgan fingerprint density at radius 2 is 2.00 bits per heavy atom. The van der Waals surface area contributed by atoms with Crippen LogP contribution >= 0.6 is 0 Å². The van der Waals surface area contributed by atoms with E-state index in [1.54, 1.807) is 0 Å². The van der Waals surface area contributed by atoms with Gasteiger partial charge in [0, 0.05) is 6.54 Å². The Morgan fingerprint density at radius 1 is 1.38 bits per heavy atom. The van der Waals surface area contributed by atoms with E-state index in [0.29, 0.717) is 5.95 Å². The van der Waals surface area contributed by atoms with Crippen molar-refractivity contribution in [2.75, 3.05) is 18.5 Å². The molecule has 0 fully saturated rings. The van der Waals surface area contributed by atoms with Crippen molar-refractivity contribution in [1.29, 1.82) is 0 Å². The fraction of sp³-hybridized carbons (Fsp3) is 0.429. The van der Waals surface area contributed by atoms with E-state index < -0.39 is 6.10 Å². The van der Waals surface area contributed by atoms with Gasteiger partial charge < -0.3 is 20.6 Å². The number of anilines is 1. The molecule has 1 heterocycles.